The molecule has 0 spiro atoms. The number of morpholine rings is 1. The summed E-state index contributed by atoms with van der Waals surface area (Å²) in [4.78, 5) is 21.0. The predicted molar refractivity (Wildman–Crippen MR) is 113 cm³/mol. The van der Waals surface area contributed by atoms with Crippen LogP contribution >= 0.6 is 0 Å². The van der Waals surface area contributed by atoms with E-state index in [0.29, 0.717) is 30.1 Å². The first-order valence-corrected chi connectivity index (χ1v) is 9.74. The van der Waals surface area contributed by atoms with Crippen LogP contribution in [0.4, 0.5) is 11.5 Å². The summed E-state index contributed by atoms with van der Waals surface area (Å²) in [6.07, 6.45) is 0. The highest BCUT2D eigenvalue weighted by atomic mass is 16.6. The number of ether oxygens (including phenoxy) is 1. The number of H-pyrrole nitrogens is 1. The Balaban J connectivity index is 1.70. The average molecular weight is 404 g/mol. The molecule has 0 saturated carbocycles. The molecule has 5 rings (SSSR count). The minimum Gasteiger partial charge on any atom is -0.378 e. The van der Waals surface area contributed by atoms with Crippen molar-refractivity contribution in [1.82, 2.24) is 19.7 Å². The highest BCUT2D eigenvalue weighted by Crippen LogP contribution is 2.36. The number of hydrogen-bond donors (Lipinski definition) is 1. The van der Waals surface area contributed by atoms with Gasteiger partial charge in [0.1, 0.15) is 11.6 Å². The van der Waals surface area contributed by atoms with Gasteiger partial charge in [-0.3, -0.25) is 10.1 Å². The standard InChI is InChI=1S/C21H20N6O3/c1-14-19(20-22-17-8-7-16(27(28)29)13-18(17)23-20)21(25-9-11-30-12-10-25)26(24-14)15-5-3-2-4-6-15/h2-8,13H,9-12H2,1H3,(H,22,23). The van der Waals surface area contributed by atoms with Gasteiger partial charge >= 0.3 is 0 Å². The van der Waals surface area contributed by atoms with E-state index < -0.39 is 4.92 Å². The predicted octanol–water partition coefficient (Wildman–Crippen LogP) is 3.47. The van der Waals surface area contributed by atoms with E-state index in [1.807, 2.05) is 41.9 Å². The number of non-ortho nitro benzene ring substituents is 1. The number of aryl methyl sites for hydroxylation is 1. The average Bonchev–Trinajstić information content (AvgIpc) is 3.34. The molecule has 1 aliphatic heterocycles. The fourth-order valence-electron chi connectivity index (χ4n) is 3.84. The molecule has 0 radical (unpaired) electrons. The molecule has 0 atom stereocenters. The van der Waals surface area contributed by atoms with Crippen LogP contribution in [0.25, 0.3) is 28.1 Å². The smallest absolute Gasteiger partial charge is 0.271 e. The summed E-state index contributed by atoms with van der Waals surface area (Å²) in [5, 5.41) is 16.0. The van der Waals surface area contributed by atoms with Crippen molar-refractivity contribution in [1.29, 1.82) is 0 Å². The van der Waals surface area contributed by atoms with Gasteiger partial charge in [-0.1, -0.05) is 18.2 Å². The minimum atomic E-state index is -0.405. The molecule has 30 heavy (non-hydrogen) atoms. The molecule has 3 heterocycles. The molecular formula is C21H20N6O3. The summed E-state index contributed by atoms with van der Waals surface area (Å²) in [6, 6.07) is 14.6. The number of benzene rings is 2. The second-order valence-electron chi connectivity index (χ2n) is 7.17. The Morgan fingerprint density at radius 3 is 2.63 bits per heavy atom. The molecule has 0 unspecified atom stereocenters. The third kappa shape index (κ3) is 3.09. The quantitative estimate of drug-likeness (QED) is 0.413. The first-order valence-electron chi connectivity index (χ1n) is 9.74. The lowest BCUT2D eigenvalue weighted by Gasteiger charge is -2.30. The third-order valence-electron chi connectivity index (χ3n) is 5.26. The summed E-state index contributed by atoms with van der Waals surface area (Å²) in [7, 11) is 0. The number of aromatic nitrogens is 4. The van der Waals surface area contributed by atoms with Crippen LogP contribution in [-0.2, 0) is 4.74 Å². The molecule has 0 aliphatic carbocycles. The molecule has 1 aliphatic rings. The van der Waals surface area contributed by atoms with Crippen LogP contribution < -0.4 is 4.90 Å². The SMILES string of the molecule is Cc1nn(-c2ccccc2)c(N2CCOCC2)c1-c1nc2ccc([N+](=O)[O-])cc2[nH]1. The number of hydrogen-bond acceptors (Lipinski definition) is 6. The number of nitro benzene ring substituents is 1. The molecule has 2 aromatic carbocycles. The molecular weight excluding hydrogens is 384 g/mol. The Labute approximate surface area is 172 Å². The van der Waals surface area contributed by atoms with Gasteiger partial charge in [-0.05, 0) is 25.1 Å². The van der Waals surface area contributed by atoms with Crippen LogP contribution in [0, 0.1) is 17.0 Å². The van der Waals surface area contributed by atoms with Crippen molar-refractivity contribution in [3.05, 3.63) is 64.3 Å². The van der Waals surface area contributed by atoms with Gasteiger partial charge in [0.25, 0.3) is 5.69 Å². The van der Waals surface area contributed by atoms with Crippen molar-refractivity contribution in [2.75, 3.05) is 31.2 Å². The van der Waals surface area contributed by atoms with E-state index in [1.165, 1.54) is 12.1 Å². The molecule has 9 heteroatoms. The summed E-state index contributed by atoms with van der Waals surface area (Å²) in [5.41, 5.74) is 4.01. The van der Waals surface area contributed by atoms with E-state index in [4.69, 9.17) is 14.8 Å². The molecule has 152 valence electrons. The number of nitrogens with one attached hydrogen (secondary N) is 1. The molecule has 0 bridgehead atoms. The Morgan fingerprint density at radius 1 is 1.13 bits per heavy atom. The first-order chi connectivity index (χ1) is 14.6. The minimum absolute atomic E-state index is 0.0304. The van der Waals surface area contributed by atoms with E-state index in [0.717, 1.165) is 35.9 Å². The monoisotopic (exact) mass is 404 g/mol. The van der Waals surface area contributed by atoms with Crippen molar-refractivity contribution in [2.24, 2.45) is 0 Å². The number of nitrogens with zero attached hydrogens (tertiary/aromatic N) is 5. The molecule has 1 N–H and O–H groups in total. The Morgan fingerprint density at radius 2 is 1.90 bits per heavy atom. The fraction of sp³-hybridized carbons (Fsp3) is 0.238. The van der Waals surface area contributed by atoms with Crippen LogP contribution in [0.3, 0.4) is 0 Å². The van der Waals surface area contributed by atoms with Crippen molar-refractivity contribution in [3.63, 3.8) is 0 Å². The number of fused-ring (bicyclic) bond motifs is 1. The maximum absolute atomic E-state index is 11.1. The highest BCUT2D eigenvalue weighted by Gasteiger charge is 2.26. The zero-order valence-corrected chi connectivity index (χ0v) is 16.4. The van der Waals surface area contributed by atoms with Crippen molar-refractivity contribution < 1.29 is 9.66 Å². The van der Waals surface area contributed by atoms with Gasteiger partial charge in [-0.25, -0.2) is 9.67 Å². The number of anilines is 1. The van der Waals surface area contributed by atoms with Gasteiger partial charge in [0.2, 0.25) is 0 Å². The maximum atomic E-state index is 11.1. The molecule has 1 fully saturated rings. The molecule has 1 saturated heterocycles. The van der Waals surface area contributed by atoms with Crippen LogP contribution in [0.1, 0.15) is 5.69 Å². The molecule has 9 nitrogen and oxygen atoms in total. The largest absolute Gasteiger partial charge is 0.378 e. The molecule has 4 aromatic rings. The van der Waals surface area contributed by atoms with E-state index >= 15 is 0 Å². The zero-order chi connectivity index (χ0) is 20.7. The molecule has 0 amide bonds. The van der Waals surface area contributed by atoms with Crippen LogP contribution in [0.5, 0.6) is 0 Å². The van der Waals surface area contributed by atoms with Gasteiger partial charge < -0.3 is 14.6 Å². The summed E-state index contributed by atoms with van der Waals surface area (Å²) < 4.78 is 7.48. The number of para-hydroxylation sites is 1. The number of rotatable bonds is 4. The lowest BCUT2D eigenvalue weighted by Crippen LogP contribution is -2.37. The van der Waals surface area contributed by atoms with Crippen molar-refractivity contribution in [2.45, 2.75) is 6.92 Å². The lowest BCUT2D eigenvalue weighted by molar-refractivity contribution is -0.384. The summed E-state index contributed by atoms with van der Waals surface area (Å²) in [6.45, 7) is 4.73. The second kappa shape index (κ2) is 7.27. The fourth-order valence-corrected chi connectivity index (χ4v) is 3.84. The number of aromatic amines is 1. The number of imidazole rings is 1. The Bertz CT molecular complexity index is 1220. The molecule has 2 aromatic heterocycles. The van der Waals surface area contributed by atoms with Gasteiger partial charge in [0.15, 0.2) is 0 Å². The van der Waals surface area contributed by atoms with E-state index in [9.17, 15) is 10.1 Å². The van der Waals surface area contributed by atoms with Crippen LogP contribution in [-0.4, -0.2) is 51.0 Å². The van der Waals surface area contributed by atoms with Gasteiger partial charge in [-0.15, -0.1) is 0 Å². The Hall–Kier alpha value is -3.72. The zero-order valence-electron chi connectivity index (χ0n) is 16.4. The van der Waals surface area contributed by atoms with Gasteiger partial charge in [0.05, 0.1) is 46.1 Å². The lowest BCUT2D eigenvalue weighted by atomic mass is 10.2. The van der Waals surface area contributed by atoms with E-state index in [-0.39, 0.29) is 5.69 Å². The van der Waals surface area contributed by atoms with Gasteiger partial charge in [-0.2, -0.15) is 5.10 Å². The van der Waals surface area contributed by atoms with E-state index in [2.05, 4.69) is 9.88 Å². The highest BCUT2D eigenvalue weighted by molar-refractivity contribution is 5.85. The van der Waals surface area contributed by atoms with Gasteiger partial charge in [0, 0.05) is 25.2 Å². The maximum Gasteiger partial charge on any atom is 0.271 e. The number of nitro groups is 1. The second-order valence-corrected chi connectivity index (χ2v) is 7.17. The van der Waals surface area contributed by atoms with Crippen molar-refractivity contribution >= 4 is 22.5 Å². The summed E-state index contributed by atoms with van der Waals surface area (Å²) >= 11 is 0. The van der Waals surface area contributed by atoms with Crippen LogP contribution in [0.15, 0.2) is 48.5 Å². The van der Waals surface area contributed by atoms with Crippen molar-refractivity contribution in [3.8, 4) is 17.1 Å². The van der Waals surface area contributed by atoms with Crippen LogP contribution in [0.2, 0.25) is 0 Å². The third-order valence-corrected chi connectivity index (χ3v) is 5.26. The first kappa shape index (κ1) is 18.3. The summed E-state index contributed by atoms with van der Waals surface area (Å²) in [5.74, 6) is 1.59. The van der Waals surface area contributed by atoms with E-state index in [1.54, 1.807) is 6.07 Å². The Kier molecular flexibility index (Phi) is 4.44. The normalized spacial score (nSPS) is 14.4. The topological polar surface area (TPSA) is 102 Å².